The van der Waals surface area contributed by atoms with Gasteiger partial charge in [0, 0.05) is 11.6 Å². The highest BCUT2D eigenvalue weighted by Crippen LogP contribution is 2.20. The predicted molar refractivity (Wildman–Crippen MR) is 64.9 cm³/mol. The van der Waals surface area contributed by atoms with Crippen molar-refractivity contribution in [1.29, 1.82) is 5.39 Å². The molecule has 0 fully saturated rings. The molecule has 0 atom stereocenters. The van der Waals surface area contributed by atoms with Crippen molar-refractivity contribution in [3.8, 4) is 0 Å². The number of aliphatic hydroxyl groups excluding tert-OH is 1. The van der Waals surface area contributed by atoms with E-state index in [2.05, 4.69) is 9.71 Å². The fourth-order valence-corrected chi connectivity index (χ4v) is 1.66. The molecule has 0 aliphatic carbocycles. The van der Waals surface area contributed by atoms with Gasteiger partial charge in [-0.15, -0.1) is 0 Å². The van der Waals surface area contributed by atoms with Crippen molar-refractivity contribution in [1.82, 2.24) is 4.57 Å². The number of hydrogen-bond donors (Lipinski definition) is 1. The van der Waals surface area contributed by atoms with E-state index < -0.39 is 17.5 Å². The van der Waals surface area contributed by atoms with Gasteiger partial charge >= 0.3 is 17.5 Å². The summed E-state index contributed by atoms with van der Waals surface area (Å²) in [5.41, 5.74) is 0.124. The van der Waals surface area contributed by atoms with Gasteiger partial charge in [-0.25, -0.2) is 4.79 Å². The van der Waals surface area contributed by atoms with Gasteiger partial charge in [0.05, 0.1) is 12.6 Å². The Kier molecular flexibility index (Phi) is 2.98. The van der Waals surface area contributed by atoms with E-state index in [1.165, 1.54) is 4.57 Å². The smallest absolute Gasteiger partial charge is 0.488 e. The molecule has 1 heterocycles. The normalized spacial score (nSPS) is 11.8. The lowest BCUT2D eigenvalue weighted by Crippen LogP contribution is -2.07. The Morgan fingerprint density at radius 1 is 1.39 bits per heavy atom. The van der Waals surface area contributed by atoms with Crippen molar-refractivity contribution in [3.05, 3.63) is 47.2 Å². The molecule has 1 N–H and O–H groups in total. The summed E-state index contributed by atoms with van der Waals surface area (Å²) in [6, 6.07) is 9.02. The summed E-state index contributed by atoms with van der Waals surface area (Å²) in [6.07, 6.45) is 1.56. The van der Waals surface area contributed by atoms with Crippen LogP contribution in [0.4, 0.5) is 0 Å². The second kappa shape index (κ2) is 4.59. The summed E-state index contributed by atoms with van der Waals surface area (Å²) in [6.45, 7) is 0. The summed E-state index contributed by atoms with van der Waals surface area (Å²) in [5, 5.41) is 19.6. The Bertz CT molecular complexity index is 679. The molecule has 2 rings (SSSR count). The lowest BCUT2D eigenvalue weighted by molar-refractivity contribution is -0.135. The molecule has 1 aromatic heterocycles. The lowest BCUT2D eigenvalue weighted by atomic mass is 10.2. The number of esters is 1. The number of hydrogen-bond acceptors (Lipinski definition) is 4. The van der Waals surface area contributed by atoms with Crippen LogP contribution in [-0.4, -0.2) is 22.8 Å². The summed E-state index contributed by atoms with van der Waals surface area (Å²) >= 11 is 0. The maximum atomic E-state index is 11.3. The SMILES string of the molecule is COC(=O)C([N+]#N)=C(O)n1ccc2ccccc21. The molecule has 6 nitrogen and oxygen atoms in total. The van der Waals surface area contributed by atoms with Gasteiger partial charge in [-0.2, -0.15) is 0 Å². The largest absolute Gasteiger partial charge is 0.527 e. The van der Waals surface area contributed by atoms with Crippen LogP contribution in [0.3, 0.4) is 0 Å². The molecule has 0 saturated heterocycles. The highest BCUT2D eigenvalue weighted by atomic mass is 16.5. The van der Waals surface area contributed by atoms with E-state index >= 15 is 0 Å². The van der Waals surface area contributed by atoms with E-state index in [1.807, 2.05) is 12.1 Å². The lowest BCUT2D eigenvalue weighted by Gasteiger charge is -2.00. The van der Waals surface area contributed by atoms with E-state index in [0.717, 1.165) is 12.5 Å². The Labute approximate surface area is 102 Å². The molecular weight excluding hydrogens is 234 g/mol. The Morgan fingerprint density at radius 3 is 2.78 bits per heavy atom. The number of benzene rings is 1. The standard InChI is InChI=1S/C12H9N3O3/c1-18-12(17)10(14-13)11(16)15-7-6-8-4-2-3-5-9(8)15/h2-7H,1H3/p+1. The molecule has 0 unspecified atom stereocenters. The molecule has 0 amide bonds. The molecule has 0 aliphatic rings. The van der Waals surface area contributed by atoms with Crippen LogP contribution in [0.2, 0.25) is 0 Å². The second-order valence-corrected chi connectivity index (χ2v) is 3.51. The van der Waals surface area contributed by atoms with Crippen LogP contribution in [0, 0.1) is 5.39 Å². The van der Waals surface area contributed by atoms with Crippen LogP contribution >= 0.6 is 0 Å². The predicted octanol–water partition coefficient (Wildman–Crippen LogP) is 2.35. The quantitative estimate of drug-likeness (QED) is 0.380. The topological polar surface area (TPSA) is 79.6 Å². The van der Waals surface area contributed by atoms with Gasteiger partial charge in [0.1, 0.15) is 0 Å². The van der Waals surface area contributed by atoms with E-state index in [0.29, 0.717) is 5.52 Å². The zero-order valence-electron chi connectivity index (χ0n) is 9.57. The molecule has 0 spiro atoms. The Balaban J connectivity index is 2.64. The molecule has 2 aromatic rings. The molecule has 0 radical (unpaired) electrons. The van der Waals surface area contributed by atoms with Crippen LogP contribution in [0.25, 0.3) is 21.8 Å². The number of ether oxygens (including phenoxy) is 1. The minimum absolute atomic E-state index is 0.495. The number of carbonyl (C=O) groups excluding carboxylic acids is 1. The van der Waals surface area contributed by atoms with E-state index in [1.54, 1.807) is 24.4 Å². The third-order valence-electron chi connectivity index (χ3n) is 2.52. The first-order valence-corrected chi connectivity index (χ1v) is 5.12. The fourth-order valence-electron chi connectivity index (χ4n) is 1.66. The van der Waals surface area contributed by atoms with Gasteiger partial charge in [-0.3, -0.25) is 4.57 Å². The van der Waals surface area contributed by atoms with Crippen molar-refractivity contribution in [2.75, 3.05) is 7.11 Å². The van der Waals surface area contributed by atoms with Crippen LogP contribution < -0.4 is 0 Å². The Morgan fingerprint density at radius 2 is 2.11 bits per heavy atom. The number of rotatable bonds is 2. The first-order valence-electron chi connectivity index (χ1n) is 5.12. The summed E-state index contributed by atoms with van der Waals surface area (Å²) in [7, 11) is 1.13. The van der Waals surface area contributed by atoms with Crippen LogP contribution in [0.5, 0.6) is 0 Å². The highest BCUT2D eigenvalue weighted by Gasteiger charge is 2.31. The fraction of sp³-hybridized carbons (Fsp3) is 0.0833. The van der Waals surface area contributed by atoms with Gasteiger partial charge in [0.25, 0.3) is 0 Å². The zero-order valence-corrected chi connectivity index (χ0v) is 9.57. The highest BCUT2D eigenvalue weighted by molar-refractivity contribution is 5.96. The Hall–Kier alpha value is -2.81. The maximum absolute atomic E-state index is 11.3. The summed E-state index contributed by atoms with van der Waals surface area (Å²) in [5.74, 6) is -1.42. The maximum Gasteiger partial charge on any atom is 0.527 e. The number of nitrogens with zero attached hydrogens (tertiary/aromatic N) is 3. The number of aromatic nitrogens is 1. The summed E-state index contributed by atoms with van der Waals surface area (Å²) < 4.78 is 5.75. The number of aliphatic hydroxyl groups is 1. The zero-order chi connectivity index (χ0) is 13.1. The van der Waals surface area contributed by atoms with Crippen molar-refractivity contribution in [2.24, 2.45) is 0 Å². The van der Waals surface area contributed by atoms with E-state index in [-0.39, 0.29) is 0 Å². The van der Waals surface area contributed by atoms with Crippen LogP contribution in [-0.2, 0) is 9.53 Å². The molecular formula is C12H10N3O3+. The van der Waals surface area contributed by atoms with Crippen molar-refractivity contribution in [2.45, 2.75) is 0 Å². The minimum atomic E-state index is -0.923. The van der Waals surface area contributed by atoms with E-state index in [4.69, 9.17) is 5.39 Å². The van der Waals surface area contributed by atoms with Crippen LogP contribution in [0.1, 0.15) is 0 Å². The minimum Gasteiger partial charge on any atom is -0.488 e. The van der Waals surface area contributed by atoms with Gasteiger partial charge in [-0.1, -0.05) is 18.2 Å². The second-order valence-electron chi connectivity index (χ2n) is 3.51. The number of fused-ring (bicyclic) bond motifs is 1. The molecule has 0 aliphatic heterocycles. The third kappa shape index (κ3) is 1.78. The number of methoxy groups -OCH3 is 1. The summed E-state index contributed by atoms with van der Waals surface area (Å²) in [4.78, 5) is 14.1. The number of diazo groups is 1. The van der Waals surface area contributed by atoms with Crippen molar-refractivity contribution in [3.63, 3.8) is 0 Å². The van der Waals surface area contributed by atoms with E-state index in [9.17, 15) is 9.90 Å². The monoisotopic (exact) mass is 244 g/mol. The molecule has 0 bridgehead atoms. The average molecular weight is 244 g/mol. The number of para-hydroxylation sites is 1. The third-order valence-corrected chi connectivity index (χ3v) is 2.52. The molecule has 1 aromatic carbocycles. The molecule has 18 heavy (non-hydrogen) atoms. The van der Waals surface area contributed by atoms with Crippen molar-refractivity contribution < 1.29 is 14.6 Å². The molecule has 90 valence electrons. The molecule has 6 heteroatoms. The van der Waals surface area contributed by atoms with Gasteiger partial charge in [0.15, 0.2) is 4.98 Å². The van der Waals surface area contributed by atoms with Gasteiger partial charge < -0.3 is 9.84 Å². The average Bonchev–Trinajstić information content (AvgIpc) is 2.82. The van der Waals surface area contributed by atoms with Gasteiger partial charge in [-0.05, 0) is 12.1 Å². The van der Waals surface area contributed by atoms with Gasteiger partial charge in [0.2, 0.25) is 5.39 Å². The van der Waals surface area contributed by atoms with Crippen molar-refractivity contribution >= 4 is 22.8 Å². The van der Waals surface area contributed by atoms with Crippen LogP contribution in [0.15, 0.2) is 42.2 Å². The molecule has 0 saturated carbocycles. The number of carbonyl (C=O) groups is 1. The first-order chi connectivity index (χ1) is 8.69. The first kappa shape index (κ1) is 11.7.